The Labute approximate surface area is 104 Å². The molecule has 1 aromatic carbocycles. The van der Waals surface area contributed by atoms with Crippen LogP contribution in [0.4, 0.5) is 0 Å². The maximum absolute atomic E-state index is 11.9. The van der Waals surface area contributed by atoms with Crippen LogP contribution < -0.4 is 14.8 Å². The van der Waals surface area contributed by atoms with Gasteiger partial charge in [0.15, 0.2) is 0 Å². The molecule has 0 bridgehead atoms. The van der Waals surface area contributed by atoms with Crippen molar-refractivity contribution in [1.82, 2.24) is 5.32 Å². The van der Waals surface area contributed by atoms with E-state index in [-0.39, 0.29) is 17.1 Å². The minimum absolute atomic E-state index is 0.113. The lowest BCUT2D eigenvalue weighted by Gasteiger charge is -2.21. The summed E-state index contributed by atoms with van der Waals surface area (Å²) in [5.74, 6) is -0.0924. The topological polar surface area (TPSA) is 108 Å². The molecule has 0 saturated carbocycles. The van der Waals surface area contributed by atoms with Crippen molar-refractivity contribution in [3.8, 4) is 11.5 Å². The highest BCUT2D eigenvalue weighted by Gasteiger charge is 2.21. The number of hydrogen-bond donors (Lipinski definition) is 4. The first kappa shape index (κ1) is 14.3. The lowest BCUT2D eigenvalue weighted by Crippen LogP contribution is -2.48. The van der Waals surface area contributed by atoms with Crippen LogP contribution in [-0.2, 0) is 0 Å². The van der Waals surface area contributed by atoms with Gasteiger partial charge in [-0.25, -0.2) is 0 Å². The molecule has 0 aliphatic heterocycles. The second-order valence-corrected chi connectivity index (χ2v) is 3.64. The van der Waals surface area contributed by atoms with Crippen molar-refractivity contribution < 1.29 is 29.3 Å². The van der Waals surface area contributed by atoms with Gasteiger partial charge in [-0.3, -0.25) is 4.79 Å². The molecule has 0 spiro atoms. The zero-order chi connectivity index (χ0) is 13.8. The van der Waals surface area contributed by atoms with Crippen LogP contribution in [0, 0.1) is 0 Å². The summed E-state index contributed by atoms with van der Waals surface area (Å²) in [6.45, 7) is -3.58. The molecule has 0 aliphatic carbocycles. The van der Waals surface area contributed by atoms with Crippen molar-refractivity contribution in [1.29, 1.82) is 0 Å². The molecule has 1 aromatic rings. The molecular formula is C10H15BNO6-. The molecule has 0 aliphatic rings. The van der Waals surface area contributed by atoms with E-state index in [1.54, 1.807) is 18.2 Å². The van der Waals surface area contributed by atoms with Gasteiger partial charge in [0.05, 0.1) is 14.2 Å². The SMILES string of the molecule is COc1cccc(OC)c1C(=O)NC[B-](O)(O)O. The van der Waals surface area contributed by atoms with Crippen molar-refractivity contribution in [3.05, 3.63) is 23.8 Å². The summed E-state index contributed by atoms with van der Waals surface area (Å²) in [6.07, 6.45) is -0.681. The molecule has 0 atom stereocenters. The van der Waals surface area contributed by atoms with Gasteiger partial charge in [0, 0.05) is 0 Å². The van der Waals surface area contributed by atoms with E-state index in [9.17, 15) is 4.79 Å². The minimum Gasteiger partial charge on any atom is -0.559 e. The number of methoxy groups -OCH3 is 2. The van der Waals surface area contributed by atoms with Crippen molar-refractivity contribution in [3.63, 3.8) is 0 Å². The van der Waals surface area contributed by atoms with Crippen LogP contribution >= 0.6 is 0 Å². The Kier molecular flexibility index (Phi) is 4.54. The molecule has 8 heteroatoms. The molecule has 0 fully saturated rings. The van der Waals surface area contributed by atoms with E-state index in [1.165, 1.54) is 14.2 Å². The van der Waals surface area contributed by atoms with Crippen molar-refractivity contribution in [2.75, 3.05) is 20.7 Å². The van der Waals surface area contributed by atoms with Gasteiger partial charge in [-0.2, -0.15) is 0 Å². The van der Waals surface area contributed by atoms with E-state index in [4.69, 9.17) is 24.5 Å². The monoisotopic (exact) mass is 256 g/mol. The number of carbonyl (C=O) groups is 1. The molecule has 1 rings (SSSR count). The van der Waals surface area contributed by atoms with Gasteiger partial charge in [-0.05, 0) is 18.6 Å². The standard InChI is InChI=1S/C10H15BNO6/c1-17-7-4-3-5-8(18-2)9(7)10(13)12-6-11(14,15)16/h3-5,14-16H,6H2,1-2H3,(H,12,13)/q-1. The summed E-state index contributed by atoms with van der Waals surface area (Å²) >= 11 is 0. The van der Waals surface area contributed by atoms with Crippen molar-refractivity contribution in [2.45, 2.75) is 0 Å². The van der Waals surface area contributed by atoms with Crippen LogP contribution in [0.25, 0.3) is 0 Å². The first-order valence-electron chi connectivity index (χ1n) is 5.21. The maximum atomic E-state index is 11.9. The average Bonchev–Trinajstić information content (AvgIpc) is 2.33. The van der Waals surface area contributed by atoms with Gasteiger partial charge in [-0.15, -0.1) is 0 Å². The van der Waals surface area contributed by atoms with Crippen LogP contribution in [0.5, 0.6) is 11.5 Å². The number of hydrogen-bond acceptors (Lipinski definition) is 6. The molecule has 18 heavy (non-hydrogen) atoms. The summed E-state index contributed by atoms with van der Waals surface area (Å²) in [5.41, 5.74) is 0.113. The van der Waals surface area contributed by atoms with E-state index in [1.807, 2.05) is 0 Å². The molecule has 0 unspecified atom stereocenters. The quantitative estimate of drug-likeness (QED) is 0.497. The molecule has 0 radical (unpaired) electrons. The molecule has 0 aromatic heterocycles. The summed E-state index contributed by atoms with van der Waals surface area (Å²) < 4.78 is 10.0. The van der Waals surface area contributed by atoms with Crippen LogP contribution in [0.15, 0.2) is 18.2 Å². The molecule has 1 amide bonds. The minimum atomic E-state index is -3.58. The average molecular weight is 256 g/mol. The molecule has 0 saturated heterocycles. The van der Waals surface area contributed by atoms with Gasteiger partial charge < -0.3 is 29.9 Å². The van der Waals surface area contributed by atoms with E-state index in [0.29, 0.717) is 0 Å². The van der Waals surface area contributed by atoms with Gasteiger partial charge in [0.1, 0.15) is 17.1 Å². The van der Waals surface area contributed by atoms with E-state index in [0.717, 1.165) is 0 Å². The zero-order valence-corrected chi connectivity index (χ0v) is 10.1. The Morgan fingerprint density at radius 2 is 1.72 bits per heavy atom. The Balaban J connectivity index is 2.96. The number of rotatable bonds is 5. The summed E-state index contributed by atoms with van der Waals surface area (Å²) in [6, 6.07) is 4.77. The smallest absolute Gasteiger partial charge is 0.390 e. The van der Waals surface area contributed by atoms with Crippen LogP contribution in [0.2, 0.25) is 0 Å². The Morgan fingerprint density at radius 3 is 2.11 bits per heavy atom. The number of carbonyl (C=O) groups excluding carboxylic acids is 1. The van der Waals surface area contributed by atoms with Gasteiger partial charge in [0.2, 0.25) is 0 Å². The van der Waals surface area contributed by atoms with E-state index >= 15 is 0 Å². The van der Waals surface area contributed by atoms with Crippen molar-refractivity contribution in [2.24, 2.45) is 0 Å². The highest BCUT2D eigenvalue weighted by Crippen LogP contribution is 2.27. The zero-order valence-electron chi connectivity index (χ0n) is 10.1. The fraction of sp³-hybridized carbons (Fsp3) is 0.300. The fourth-order valence-corrected chi connectivity index (χ4v) is 1.39. The van der Waals surface area contributed by atoms with E-state index < -0.39 is 19.1 Å². The highest BCUT2D eigenvalue weighted by molar-refractivity contribution is 6.56. The first-order valence-corrected chi connectivity index (χ1v) is 5.21. The van der Waals surface area contributed by atoms with Crippen LogP contribution in [0.3, 0.4) is 0 Å². The predicted octanol–water partition coefficient (Wildman–Crippen LogP) is -1.11. The summed E-state index contributed by atoms with van der Waals surface area (Å²) in [4.78, 5) is 11.9. The number of amides is 1. The molecule has 100 valence electrons. The molecule has 7 nitrogen and oxygen atoms in total. The second kappa shape index (κ2) is 5.72. The largest absolute Gasteiger partial charge is 0.559 e. The Morgan fingerprint density at radius 1 is 1.22 bits per heavy atom. The van der Waals surface area contributed by atoms with Gasteiger partial charge in [0.25, 0.3) is 5.91 Å². The number of ether oxygens (including phenoxy) is 2. The summed E-state index contributed by atoms with van der Waals surface area (Å²) in [7, 11) is 2.79. The third kappa shape index (κ3) is 3.62. The van der Waals surface area contributed by atoms with Gasteiger partial charge in [-0.1, -0.05) is 6.07 Å². The van der Waals surface area contributed by atoms with Crippen LogP contribution in [0.1, 0.15) is 10.4 Å². The number of nitrogens with one attached hydrogen (secondary N) is 1. The summed E-state index contributed by atoms with van der Waals surface area (Å²) in [5, 5.41) is 28.5. The number of benzene rings is 1. The maximum Gasteiger partial charge on any atom is 0.390 e. The highest BCUT2D eigenvalue weighted by atomic mass is 16.5. The first-order chi connectivity index (χ1) is 8.39. The van der Waals surface area contributed by atoms with Gasteiger partial charge >= 0.3 is 6.75 Å². The second-order valence-electron chi connectivity index (χ2n) is 3.64. The Hall–Kier alpha value is -1.77. The third-order valence-electron chi connectivity index (χ3n) is 2.19. The fourth-order valence-electron chi connectivity index (χ4n) is 1.39. The molecule has 4 N–H and O–H groups in total. The lowest BCUT2D eigenvalue weighted by molar-refractivity contribution is 0.0941. The van der Waals surface area contributed by atoms with E-state index in [2.05, 4.69) is 5.32 Å². The molecule has 0 heterocycles. The lowest BCUT2D eigenvalue weighted by atomic mass is 9.81. The normalized spacial score (nSPS) is 10.9. The molecular weight excluding hydrogens is 241 g/mol. The third-order valence-corrected chi connectivity index (χ3v) is 2.19. The van der Waals surface area contributed by atoms with Crippen LogP contribution in [-0.4, -0.2) is 48.4 Å². The van der Waals surface area contributed by atoms with Crippen molar-refractivity contribution >= 4 is 12.7 Å². The predicted molar refractivity (Wildman–Crippen MR) is 64.3 cm³/mol. The Bertz CT molecular complexity index is 409.